The number of nitrogens with zero attached hydrogens (tertiary/aromatic N) is 2. The second kappa shape index (κ2) is 8.28. The maximum atomic E-state index is 13.3. The first kappa shape index (κ1) is 21.3. The van der Waals surface area contributed by atoms with Crippen molar-refractivity contribution >= 4 is 63.0 Å². The highest BCUT2D eigenvalue weighted by Crippen LogP contribution is 2.44. The lowest BCUT2D eigenvalue weighted by atomic mass is 10.1. The number of thioether (sulfide) groups is 1. The molecule has 6 nitrogen and oxygen atoms in total. The molecule has 2 aliphatic heterocycles. The number of para-hydroxylation sites is 1. The number of hydrogen-bond acceptors (Lipinski definition) is 5. The van der Waals surface area contributed by atoms with E-state index in [1.54, 1.807) is 18.2 Å². The van der Waals surface area contributed by atoms with Gasteiger partial charge in [-0.15, -0.1) is 0 Å². The highest BCUT2D eigenvalue weighted by atomic mass is 32.2. The zero-order valence-electron chi connectivity index (χ0n) is 17.4. The van der Waals surface area contributed by atoms with E-state index in [1.165, 1.54) is 9.80 Å². The van der Waals surface area contributed by atoms with E-state index in [0.29, 0.717) is 38.3 Å². The van der Waals surface area contributed by atoms with Crippen LogP contribution in [0.3, 0.4) is 0 Å². The molecule has 158 valence electrons. The molecule has 0 atom stereocenters. The van der Waals surface area contributed by atoms with Gasteiger partial charge in [-0.1, -0.05) is 48.2 Å². The third kappa shape index (κ3) is 3.77. The predicted octanol–water partition coefficient (Wildman–Crippen LogP) is 3.88. The van der Waals surface area contributed by atoms with E-state index in [1.807, 2.05) is 45.0 Å². The average molecular weight is 452 g/mol. The lowest BCUT2D eigenvalue weighted by Crippen LogP contribution is -2.35. The van der Waals surface area contributed by atoms with Gasteiger partial charge in [0, 0.05) is 17.8 Å². The lowest BCUT2D eigenvalue weighted by Gasteiger charge is -2.17. The van der Waals surface area contributed by atoms with Crippen molar-refractivity contribution in [3.8, 4) is 0 Å². The van der Waals surface area contributed by atoms with Gasteiger partial charge in [-0.25, -0.2) is 0 Å². The second-order valence-corrected chi connectivity index (χ2v) is 9.02. The second-order valence-electron chi connectivity index (χ2n) is 7.38. The van der Waals surface area contributed by atoms with Gasteiger partial charge in [-0.3, -0.25) is 24.2 Å². The Morgan fingerprint density at radius 2 is 1.77 bits per heavy atom. The van der Waals surface area contributed by atoms with Crippen LogP contribution < -0.4 is 10.2 Å². The molecule has 0 radical (unpaired) electrons. The molecular weight excluding hydrogens is 430 g/mol. The molecule has 0 aliphatic carbocycles. The molecule has 31 heavy (non-hydrogen) atoms. The van der Waals surface area contributed by atoms with Crippen LogP contribution in [0.1, 0.15) is 23.6 Å². The molecular formula is C23H21N3O3S2. The number of anilines is 2. The van der Waals surface area contributed by atoms with Gasteiger partial charge in [-0.2, -0.15) is 0 Å². The number of fused-ring (bicyclic) bond motifs is 1. The summed E-state index contributed by atoms with van der Waals surface area (Å²) in [5.74, 6) is -0.945. The first-order valence-corrected chi connectivity index (χ1v) is 11.1. The fourth-order valence-electron chi connectivity index (χ4n) is 3.64. The number of carbonyl (C=O) groups is 3. The van der Waals surface area contributed by atoms with Crippen LogP contribution in [0.4, 0.5) is 11.4 Å². The SMILES string of the molecule is CCN1C(=O)/C(=C2/C(=O)N(CC(=O)Nc3ccc(C)c(C)c3)c3ccccc32)SC1=S. The zero-order valence-corrected chi connectivity index (χ0v) is 19.0. The van der Waals surface area contributed by atoms with E-state index in [2.05, 4.69) is 5.32 Å². The van der Waals surface area contributed by atoms with E-state index in [4.69, 9.17) is 12.2 Å². The minimum absolute atomic E-state index is 0.152. The van der Waals surface area contributed by atoms with Gasteiger partial charge in [-0.05, 0) is 50.1 Å². The predicted molar refractivity (Wildman–Crippen MR) is 128 cm³/mol. The Morgan fingerprint density at radius 1 is 1.03 bits per heavy atom. The van der Waals surface area contributed by atoms with Crippen molar-refractivity contribution < 1.29 is 14.4 Å². The summed E-state index contributed by atoms with van der Waals surface area (Å²) in [5, 5.41) is 2.85. The third-order valence-corrected chi connectivity index (χ3v) is 6.86. The van der Waals surface area contributed by atoms with Gasteiger partial charge in [0.05, 0.1) is 16.2 Å². The molecule has 1 N–H and O–H groups in total. The average Bonchev–Trinajstić information content (AvgIpc) is 3.17. The van der Waals surface area contributed by atoms with Gasteiger partial charge >= 0.3 is 0 Å². The largest absolute Gasteiger partial charge is 0.325 e. The normalized spacial score (nSPS) is 18.1. The fraction of sp³-hybridized carbons (Fsp3) is 0.217. The van der Waals surface area contributed by atoms with Crippen LogP contribution in [0.2, 0.25) is 0 Å². The summed E-state index contributed by atoms with van der Waals surface area (Å²) in [6, 6.07) is 12.9. The Balaban J connectivity index is 1.64. The Kier molecular flexibility index (Phi) is 5.68. The number of rotatable bonds is 4. The van der Waals surface area contributed by atoms with Crippen molar-refractivity contribution in [2.24, 2.45) is 0 Å². The van der Waals surface area contributed by atoms with Crippen LogP contribution in [-0.2, 0) is 14.4 Å². The van der Waals surface area contributed by atoms with Crippen LogP contribution in [-0.4, -0.2) is 40.0 Å². The maximum Gasteiger partial charge on any atom is 0.266 e. The van der Waals surface area contributed by atoms with Crippen molar-refractivity contribution in [2.45, 2.75) is 20.8 Å². The van der Waals surface area contributed by atoms with E-state index >= 15 is 0 Å². The fourth-order valence-corrected chi connectivity index (χ4v) is 5.10. The molecule has 0 spiro atoms. The number of nitrogens with one attached hydrogen (secondary N) is 1. The minimum atomic E-state index is -0.368. The van der Waals surface area contributed by atoms with Gasteiger partial charge < -0.3 is 5.32 Å². The van der Waals surface area contributed by atoms with E-state index in [0.717, 1.165) is 22.9 Å². The summed E-state index contributed by atoms with van der Waals surface area (Å²) in [5.41, 5.74) is 4.44. The standard InChI is InChI=1S/C23H21N3O3S2/c1-4-25-22(29)20(31-23(25)30)19-16-7-5-6-8-17(16)26(21(19)28)12-18(27)24-15-10-9-13(2)14(3)11-15/h5-11H,4,12H2,1-3H3,(H,24,27)/b20-19-. The molecule has 2 aromatic rings. The van der Waals surface area contributed by atoms with Crippen molar-refractivity contribution in [3.05, 3.63) is 64.1 Å². The van der Waals surface area contributed by atoms with Gasteiger partial charge in [0.1, 0.15) is 10.9 Å². The van der Waals surface area contributed by atoms with E-state index < -0.39 is 0 Å². The van der Waals surface area contributed by atoms with E-state index in [-0.39, 0.29) is 24.3 Å². The van der Waals surface area contributed by atoms with Crippen LogP contribution >= 0.6 is 24.0 Å². The quantitative estimate of drug-likeness (QED) is 0.564. The Bertz CT molecular complexity index is 1170. The summed E-state index contributed by atoms with van der Waals surface area (Å²) < 4.78 is 0.436. The molecule has 3 amide bonds. The summed E-state index contributed by atoms with van der Waals surface area (Å²) in [7, 11) is 0. The molecule has 0 saturated carbocycles. The molecule has 2 aliphatic rings. The lowest BCUT2D eigenvalue weighted by molar-refractivity contribution is -0.122. The third-order valence-electron chi connectivity index (χ3n) is 5.41. The van der Waals surface area contributed by atoms with Crippen LogP contribution in [0.5, 0.6) is 0 Å². The van der Waals surface area contributed by atoms with Gasteiger partial charge in [0.25, 0.3) is 11.8 Å². The highest BCUT2D eigenvalue weighted by molar-refractivity contribution is 8.26. The number of benzene rings is 2. The Labute approximate surface area is 190 Å². The summed E-state index contributed by atoms with van der Waals surface area (Å²) in [6.45, 7) is 6.11. The van der Waals surface area contributed by atoms with Gasteiger partial charge in [0.2, 0.25) is 5.91 Å². The topological polar surface area (TPSA) is 69.7 Å². The number of carbonyl (C=O) groups excluding carboxylic acids is 3. The molecule has 0 bridgehead atoms. The minimum Gasteiger partial charge on any atom is -0.325 e. The highest BCUT2D eigenvalue weighted by Gasteiger charge is 2.41. The smallest absolute Gasteiger partial charge is 0.266 e. The maximum absolute atomic E-state index is 13.3. The molecule has 2 aromatic carbocycles. The summed E-state index contributed by atoms with van der Waals surface area (Å²) in [4.78, 5) is 42.1. The number of likely N-dealkylation sites (N-methyl/N-ethyl adjacent to an activating group) is 1. The van der Waals surface area contributed by atoms with Crippen molar-refractivity contribution in [2.75, 3.05) is 23.3 Å². The van der Waals surface area contributed by atoms with Crippen LogP contribution in [0, 0.1) is 13.8 Å². The summed E-state index contributed by atoms with van der Waals surface area (Å²) in [6.07, 6.45) is 0. The molecule has 4 rings (SSSR count). The first-order chi connectivity index (χ1) is 14.8. The number of amides is 3. The van der Waals surface area contributed by atoms with Crippen molar-refractivity contribution in [1.82, 2.24) is 4.90 Å². The number of thiocarbonyl (C=S) groups is 1. The first-order valence-electron chi connectivity index (χ1n) is 9.88. The van der Waals surface area contributed by atoms with Crippen LogP contribution in [0.15, 0.2) is 47.4 Å². The van der Waals surface area contributed by atoms with E-state index in [9.17, 15) is 14.4 Å². The monoisotopic (exact) mass is 451 g/mol. The molecule has 1 saturated heterocycles. The molecule has 0 unspecified atom stereocenters. The van der Waals surface area contributed by atoms with Gasteiger partial charge in [0.15, 0.2) is 0 Å². The zero-order chi connectivity index (χ0) is 22.3. The van der Waals surface area contributed by atoms with Crippen LogP contribution in [0.25, 0.3) is 5.57 Å². The molecule has 0 aromatic heterocycles. The van der Waals surface area contributed by atoms with Crippen molar-refractivity contribution in [1.29, 1.82) is 0 Å². The number of aryl methyl sites for hydroxylation is 2. The van der Waals surface area contributed by atoms with Crippen molar-refractivity contribution in [3.63, 3.8) is 0 Å². The summed E-state index contributed by atoms with van der Waals surface area (Å²) >= 11 is 6.44. The Morgan fingerprint density at radius 3 is 2.45 bits per heavy atom. The number of hydrogen-bond donors (Lipinski definition) is 1. The molecule has 2 heterocycles. The Hall–Kier alpha value is -2.97. The molecule has 1 fully saturated rings. The molecule has 8 heteroatoms.